The van der Waals surface area contributed by atoms with E-state index in [1.165, 1.54) is 5.56 Å². The van der Waals surface area contributed by atoms with Gasteiger partial charge in [0.05, 0.1) is 25.9 Å². The van der Waals surface area contributed by atoms with Gasteiger partial charge in [-0.15, -0.1) is 0 Å². The third-order valence-corrected chi connectivity index (χ3v) is 7.55. The van der Waals surface area contributed by atoms with Crippen LogP contribution in [0, 0.1) is 0 Å². The molecule has 4 aromatic rings. The summed E-state index contributed by atoms with van der Waals surface area (Å²) in [6, 6.07) is 39.3. The number of hydrogen-bond acceptors (Lipinski definition) is 6. The fourth-order valence-electron chi connectivity index (χ4n) is 5.33. The van der Waals surface area contributed by atoms with Crippen molar-refractivity contribution in [1.29, 1.82) is 0 Å². The quantitative estimate of drug-likeness (QED) is 0.223. The summed E-state index contributed by atoms with van der Waals surface area (Å²) in [7, 11) is 0. The largest absolute Gasteiger partial charge is 0.389 e. The maximum absolute atomic E-state index is 11.4. The van der Waals surface area contributed by atoms with E-state index in [4.69, 9.17) is 14.2 Å². The van der Waals surface area contributed by atoms with Crippen molar-refractivity contribution in [2.45, 2.75) is 62.8 Å². The first-order valence-electron chi connectivity index (χ1n) is 14.3. The normalized spacial score (nSPS) is 24.2. The third-order valence-electron chi connectivity index (χ3n) is 7.55. The number of aliphatic hydroxyl groups excluding tert-OH is 2. The van der Waals surface area contributed by atoms with Gasteiger partial charge in [0.1, 0.15) is 30.5 Å². The Bertz CT molecular complexity index is 1280. The maximum atomic E-state index is 11.4. The molecule has 1 aliphatic carbocycles. The number of ether oxygens (including phenoxy) is 3. The average molecular weight is 554 g/mol. The van der Waals surface area contributed by atoms with Crippen LogP contribution in [0.25, 0.3) is 0 Å². The molecule has 1 aliphatic rings. The van der Waals surface area contributed by atoms with Crippen LogP contribution >= 0.6 is 0 Å². The van der Waals surface area contributed by atoms with Gasteiger partial charge in [0, 0.05) is 0 Å². The molecule has 41 heavy (non-hydrogen) atoms. The highest BCUT2D eigenvalue weighted by molar-refractivity contribution is 5.17. The van der Waals surface area contributed by atoms with Crippen molar-refractivity contribution >= 4 is 0 Å². The Labute approximate surface area is 242 Å². The zero-order chi connectivity index (χ0) is 28.3. The summed E-state index contributed by atoms with van der Waals surface area (Å²) in [5.74, 6) is 0. The molecule has 6 atom stereocenters. The molecule has 0 aliphatic heterocycles. The lowest BCUT2D eigenvalue weighted by Gasteiger charge is -2.47. The standard InChI is InChI=1S/C35H39NO5/c37-31-30(36-22-21-26-13-5-1-6-14-26)33(39-23-27-15-7-2-8-16-27)35(41-25-29-19-11-4-12-20-29)34(32(31)38)40-24-28-17-9-3-10-18-28/h1-20,30-38H,21-25H2/t30-,31-,32-,33-,34+,35+/m0/s1. The lowest BCUT2D eigenvalue weighted by atomic mass is 9.82. The van der Waals surface area contributed by atoms with Gasteiger partial charge in [0.15, 0.2) is 0 Å². The molecule has 3 N–H and O–H groups in total. The van der Waals surface area contributed by atoms with E-state index >= 15 is 0 Å². The molecule has 0 bridgehead atoms. The van der Waals surface area contributed by atoms with E-state index in [0.717, 1.165) is 23.1 Å². The van der Waals surface area contributed by atoms with Gasteiger partial charge in [-0.25, -0.2) is 0 Å². The predicted octanol–water partition coefficient (Wildman–Crippen LogP) is 4.68. The van der Waals surface area contributed by atoms with E-state index in [1.54, 1.807) is 0 Å². The SMILES string of the molecule is O[C@@H]1[C@H](O)[C@@H](OCc2ccccc2)[C@H](OCc2ccccc2)[C@@H](OCc2ccccc2)[C@H]1NCCc1ccccc1. The van der Waals surface area contributed by atoms with Crippen LogP contribution in [0.3, 0.4) is 0 Å². The molecule has 6 nitrogen and oxygen atoms in total. The van der Waals surface area contributed by atoms with Crippen molar-refractivity contribution in [3.63, 3.8) is 0 Å². The molecule has 5 rings (SSSR count). The molecule has 4 aromatic carbocycles. The zero-order valence-electron chi connectivity index (χ0n) is 23.2. The molecular formula is C35H39NO5. The maximum Gasteiger partial charge on any atom is 0.115 e. The number of aliphatic hydroxyl groups is 2. The third kappa shape index (κ3) is 8.11. The molecular weight excluding hydrogens is 514 g/mol. The van der Waals surface area contributed by atoms with Crippen LogP contribution in [0.15, 0.2) is 121 Å². The summed E-state index contributed by atoms with van der Waals surface area (Å²) >= 11 is 0. The highest BCUT2D eigenvalue weighted by Crippen LogP contribution is 2.31. The van der Waals surface area contributed by atoms with E-state index in [-0.39, 0.29) is 6.61 Å². The molecule has 0 unspecified atom stereocenters. The Morgan fingerprint density at radius 3 is 1.32 bits per heavy atom. The van der Waals surface area contributed by atoms with Crippen LogP contribution in [0.1, 0.15) is 22.3 Å². The van der Waals surface area contributed by atoms with Crippen molar-refractivity contribution in [3.05, 3.63) is 144 Å². The molecule has 0 radical (unpaired) electrons. The smallest absolute Gasteiger partial charge is 0.115 e. The van der Waals surface area contributed by atoms with Crippen LogP contribution in [0.2, 0.25) is 0 Å². The van der Waals surface area contributed by atoms with Gasteiger partial charge in [-0.2, -0.15) is 0 Å². The van der Waals surface area contributed by atoms with Crippen molar-refractivity contribution in [2.75, 3.05) is 6.54 Å². The summed E-state index contributed by atoms with van der Waals surface area (Å²) in [6.45, 7) is 1.53. The van der Waals surface area contributed by atoms with E-state index in [2.05, 4.69) is 17.4 Å². The molecule has 0 spiro atoms. The first kappa shape index (κ1) is 29.1. The Morgan fingerprint density at radius 1 is 0.463 bits per heavy atom. The number of benzene rings is 4. The molecule has 214 valence electrons. The molecule has 0 amide bonds. The second-order valence-corrected chi connectivity index (χ2v) is 10.5. The average Bonchev–Trinajstić information content (AvgIpc) is 3.03. The Balaban J connectivity index is 1.39. The van der Waals surface area contributed by atoms with Crippen molar-refractivity contribution in [3.8, 4) is 0 Å². The van der Waals surface area contributed by atoms with Gasteiger partial charge < -0.3 is 29.7 Å². The summed E-state index contributed by atoms with van der Waals surface area (Å²) in [6.07, 6.45) is -3.56. The molecule has 6 heteroatoms. The number of nitrogens with one attached hydrogen (secondary N) is 1. The highest BCUT2D eigenvalue weighted by Gasteiger charge is 2.51. The number of rotatable bonds is 13. The second-order valence-electron chi connectivity index (χ2n) is 10.5. The summed E-state index contributed by atoms with van der Waals surface area (Å²) in [5, 5.41) is 26.4. The predicted molar refractivity (Wildman–Crippen MR) is 159 cm³/mol. The van der Waals surface area contributed by atoms with Crippen LogP contribution < -0.4 is 5.32 Å². The molecule has 0 saturated heterocycles. The van der Waals surface area contributed by atoms with E-state index < -0.39 is 36.6 Å². The van der Waals surface area contributed by atoms with Gasteiger partial charge in [-0.3, -0.25) is 0 Å². The molecule has 1 fully saturated rings. The Morgan fingerprint density at radius 2 is 0.854 bits per heavy atom. The second kappa shape index (κ2) is 15.0. The Kier molecular flexibility index (Phi) is 10.7. The van der Waals surface area contributed by atoms with Gasteiger partial charge in [0.2, 0.25) is 0 Å². The lowest BCUT2D eigenvalue weighted by molar-refractivity contribution is -0.238. The fourth-order valence-corrected chi connectivity index (χ4v) is 5.33. The summed E-state index contributed by atoms with van der Waals surface area (Å²) in [4.78, 5) is 0. The van der Waals surface area contributed by atoms with Crippen LogP contribution in [0.5, 0.6) is 0 Å². The summed E-state index contributed by atoms with van der Waals surface area (Å²) in [5.41, 5.74) is 4.18. The first-order valence-corrected chi connectivity index (χ1v) is 14.3. The van der Waals surface area contributed by atoms with E-state index in [9.17, 15) is 10.2 Å². The van der Waals surface area contributed by atoms with Crippen molar-refractivity contribution in [1.82, 2.24) is 5.32 Å². The monoisotopic (exact) mass is 553 g/mol. The topological polar surface area (TPSA) is 80.2 Å². The van der Waals surface area contributed by atoms with Crippen LogP contribution in [-0.2, 0) is 40.5 Å². The minimum Gasteiger partial charge on any atom is -0.389 e. The molecule has 1 saturated carbocycles. The van der Waals surface area contributed by atoms with E-state index in [0.29, 0.717) is 19.8 Å². The zero-order valence-corrected chi connectivity index (χ0v) is 23.2. The van der Waals surface area contributed by atoms with Gasteiger partial charge in [-0.05, 0) is 35.2 Å². The van der Waals surface area contributed by atoms with Gasteiger partial charge in [-0.1, -0.05) is 121 Å². The number of hydrogen-bond donors (Lipinski definition) is 3. The fraction of sp³-hybridized carbons (Fsp3) is 0.314. The van der Waals surface area contributed by atoms with E-state index in [1.807, 2.05) is 109 Å². The highest BCUT2D eigenvalue weighted by atomic mass is 16.6. The Hall–Kier alpha value is -3.36. The van der Waals surface area contributed by atoms with Gasteiger partial charge >= 0.3 is 0 Å². The van der Waals surface area contributed by atoms with Gasteiger partial charge in [0.25, 0.3) is 0 Å². The molecule has 0 aromatic heterocycles. The lowest BCUT2D eigenvalue weighted by Crippen LogP contribution is -2.69. The van der Waals surface area contributed by atoms with Crippen molar-refractivity contribution < 1.29 is 24.4 Å². The summed E-state index contributed by atoms with van der Waals surface area (Å²) < 4.78 is 19.4. The van der Waals surface area contributed by atoms with Crippen LogP contribution in [0.4, 0.5) is 0 Å². The minimum atomic E-state index is -1.18. The molecule has 0 heterocycles. The minimum absolute atomic E-state index is 0.276. The first-order chi connectivity index (χ1) is 20.2. The van der Waals surface area contributed by atoms with Crippen molar-refractivity contribution in [2.24, 2.45) is 0 Å². The van der Waals surface area contributed by atoms with Crippen LogP contribution in [-0.4, -0.2) is 53.3 Å².